The van der Waals surface area contributed by atoms with Crippen LogP contribution in [0.4, 0.5) is 0 Å². The molecule has 0 amide bonds. The zero-order valence-corrected chi connectivity index (χ0v) is 11.2. The van der Waals surface area contributed by atoms with Crippen molar-refractivity contribution in [3.05, 3.63) is 60.3 Å². The molecule has 3 rings (SSSR count). The number of carboxylic acids is 1. The summed E-state index contributed by atoms with van der Waals surface area (Å²) >= 11 is 0. The van der Waals surface area contributed by atoms with E-state index in [-0.39, 0.29) is 0 Å². The second kappa shape index (κ2) is 4.85. The van der Waals surface area contributed by atoms with Crippen molar-refractivity contribution in [1.29, 1.82) is 0 Å². The first kappa shape index (κ1) is 12.5. The van der Waals surface area contributed by atoms with Crippen LogP contribution in [0.1, 0.15) is 17.4 Å². The number of rotatable bonds is 3. The van der Waals surface area contributed by atoms with E-state index >= 15 is 0 Å². The number of aromatic nitrogens is 1. The fraction of sp³-hybridized carbons (Fsp3) is 0.118. The van der Waals surface area contributed by atoms with E-state index in [1.165, 1.54) is 5.39 Å². The standard InChI is InChI=1S/C17H15NO2/c1-2-18-15(9-10-16(18)17(19)20)14-8-7-12-5-3-4-6-13(12)11-14/h3-11H,2H2,1H3,(H,19,20). The van der Waals surface area contributed by atoms with Crippen LogP contribution in [0, 0.1) is 0 Å². The zero-order valence-electron chi connectivity index (χ0n) is 11.2. The van der Waals surface area contributed by atoms with Crippen LogP contribution in [-0.4, -0.2) is 15.6 Å². The third-order valence-electron chi connectivity index (χ3n) is 3.56. The van der Waals surface area contributed by atoms with E-state index in [0.717, 1.165) is 16.6 Å². The second-order valence-corrected chi connectivity index (χ2v) is 4.72. The van der Waals surface area contributed by atoms with Crippen LogP contribution >= 0.6 is 0 Å². The van der Waals surface area contributed by atoms with Gasteiger partial charge in [0.15, 0.2) is 0 Å². The Morgan fingerprint density at radius 3 is 2.50 bits per heavy atom. The van der Waals surface area contributed by atoms with Gasteiger partial charge in [0, 0.05) is 12.2 Å². The molecule has 3 aromatic rings. The van der Waals surface area contributed by atoms with Crippen molar-refractivity contribution in [3.8, 4) is 11.3 Å². The molecular formula is C17H15NO2. The van der Waals surface area contributed by atoms with Gasteiger partial charge in [0.2, 0.25) is 0 Å². The third-order valence-corrected chi connectivity index (χ3v) is 3.56. The molecule has 1 heterocycles. The van der Waals surface area contributed by atoms with Crippen molar-refractivity contribution in [2.24, 2.45) is 0 Å². The zero-order chi connectivity index (χ0) is 14.1. The molecular weight excluding hydrogens is 250 g/mol. The van der Waals surface area contributed by atoms with E-state index in [1.54, 1.807) is 6.07 Å². The van der Waals surface area contributed by atoms with E-state index in [9.17, 15) is 9.90 Å². The van der Waals surface area contributed by atoms with Crippen molar-refractivity contribution < 1.29 is 9.90 Å². The first-order chi connectivity index (χ1) is 9.70. The van der Waals surface area contributed by atoms with Crippen molar-refractivity contribution >= 4 is 16.7 Å². The summed E-state index contributed by atoms with van der Waals surface area (Å²) in [5.74, 6) is -0.890. The molecule has 100 valence electrons. The van der Waals surface area contributed by atoms with Crippen LogP contribution in [0.3, 0.4) is 0 Å². The highest BCUT2D eigenvalue weighted by Gasteiger charge is 2.13. The highest BCUT2D eigenvalue weighted by molar-refractivity contribution is 5.90. The average Bonchev–Trinajstić information content (AvgIpc) is 2.90. The van der Waals surface area contributed by atoms with Gasteiger partial charge in [-0.25, -0.2) is 4.79 Å². The molecule has 0 aliphatic rings. The molecule has 1 aromatic heterocycles. The van der Waals surface area contributed by atoms with Gasteiger partial charge in [-0.3, -0.25) is 0 Å². The highest BCUT2D eigenvalue weighted by Crippen LogP contribution is 2.26. The van der Waals surface area contributed by atoms with Gasteiger partial charge in [0.05, 0.1) is 0 Å². The van der Waals surface area contributed by atoms with Gasteiger partial charge in [0.25, 0.3) is 0 Å². The molecule has 0 aliphatic heterocycles. The quantitative estimate of drug-likeness (QED) is 0.777. The predicted octanol–water partition coefficient (Wildman–Crippen LogP) is 4.03. The Bertz CT molecular complexity index is 787. The minimum Gasteiger partial charge on any atom is -0.477 e. The van der Waals surface area contributed by atoms with Crippen LogP contribution in [0.2, 0.25) is 0 Å². The van der Waals surface area contributed by atoms with E-state index in [4.69, 9.17) is 0 Å². The summed E-state index contributed by atoms with van der Waals surface area (Å²) in [5, 5.41) is 11.6. The summed E-state index contributed by atoms with van der Waals surface area (Å²) in [7, 11) is 0. The van der Waals surface area contributed by atoms with E-state index in [1.807, 2.05) is 35.8 Å². The van der Waals surface area contributed by atoms with Crippen LogP contribution < -0.4 is 0 Å². The van der Waals surface area contributed by atoms with Crippen molar-refractivity contribution in [2.75, 3.05) is 0 Å². The van der Waals surface area contributed by atoms with Crippen molar-refractivity contribution in [1.82, 2.24) is 4.57 Å². The third kappa shape index (κ3) is 1.97. The minimum absolute atomic E-state index is 0.329. The van der Waals surface area contributed by atoms with Crippen molar-refractivity contribution in [3.63, 3.8) is 0 Å². The number of hydrogen-bond donors (Lipinski definition) is 1. The Kier molecular flexibility index (Phi) is 3.03. The molecule has 20 heavy (non-hydrogen) atoms. The van der Waals surface area contributed by atoms with Gasteiger partial charge in [-0.2, -0.15) is 0 Å². The van der Waals surface area contributed by atoms with Gasteiger partial charge in [-0.05, 0) is 41.5 Å². The number of benzene rings is 2. The number of carbonyl (C=O) groups is 1. The van der Waals surface area contributed by atoms with Crippen LogP contribution in [0.5, 0.6) is 0 Å². The fourth-order valence-corrected chi connectivity index (χ4v) is 2.60. The van der Waals surface area contributed by atoms with Crippen LogP contribution in [-0.2, 0) is 6.54 Å². The average molecular weight is 265 g/mol. The number of carboxylic acid groups (broad SMARTS) is 1. The normalized spacial score (nSPS) is 10.8. The number of hydrogen-bond acceptors (Lipinski definition) is 1. The predicted molar refractivity (Wildman–Crippen MR) is 80.0 cm³/mol. The van der Waals surface area contributed by atoms with Gasteiger partial charge < -0.3 is 9.67 Å². The maximum absolute atomic E-state index is 11.2. The Morgan fingerprint density at radius 1 is 1.05 bits per heavy atom. The molecule has 3 nitrogen and oxygen atoms in total. The largest absolute Gasteiger partial charge is 0.477 e. The van der Waals surface area contributed by atoms with Gasteiger partial charge in [0.1, 0.15) is 5.69 Å². The summed E-state index contributed by atoms with van der Waals surface area (Å²) in [6.45, 7) is 2.59. The number of aromatic carboxylic acids is 1. The molecule has 0 unspecified atom stereocenters. The summed E-state index contributed by atoms with van der Waals surface area (Å²) < 4.78 is 1.83. The first-order valence-corrected chi connectivity index (χ1v) is 6.62. The molecule has 0 radical (unpaired) electrons. The van der Waals surface area contributed by atoms with E-state index in [2.05, 4.69) is 24.3 Å². The first-order valence-electron chi connectivity index (χ1n) is 6.62. The molecule has 0 aliphatic carbocycles. The SMILES string of the molecule is CCn1c(C(=O)O)ccc1-c1ccc2ccccc2c1. The lowest BCUT2D eigenvalue weighted by molar-refractivity contribution is 0.0685. The van der Waals surface area contributed by atoms with Gasteiger partial charge in [-0.1, -0.05) is 36.4 Å². The molecule has 0 saturated heterocycles. The van der Waals surface area contributed by atoms with Gasteiger partial charge in [-0.15, -0.1) is 0 Å². The maximum atomic E-state index is 11.2. The highest BCUT2D eigenvalue weighted by atomic mass is 16.4. The van der Waals surface area contributed by atoms with Crippen LogP contribution in [0.25, 0.3) is 22.0 Å². The lowest BCUT2D eigenvalue weighted by Gasteiger charge is -2.10. The summed E-state index contributed by atoms with van der Waals surface area (Å²) in [4.78, 5) is 11.2. The summed E-state index contributed by atoms with van der Waals surface area (Å²) in [6.07, 6.45) is 0. The summed E-state index contributed by atoms with van der Waals surface area (Å²) in [5.41, 5.74) is 2.31. The van der Waals surface area contributed by atoms with Gasteiger partial charge >= 0.3 is 5.97 Å². The van der Waals surface area contributed by atoms with E-state index in [0.29, 0.717) is 12.2 Å². The second-order valence-electron chi connectivity index (χ2n) is 4.72. The van der Waals surface area contributed by atoms with Crippen LogP contribution in [0.15, 0.2) is 54.6 Å². The Labute approximate surface area is 117 Å². The Hall–Kier alpha value is -2.55. The molecule has 0 fully saturated rings. The lowest BCUT2D eigenvalue weighted by Crippen LogP contribution is -2.08. The van der Waals surface area contributed by atoms with E-state index < -0.39 is 5.97 Å². The molecule has 3 heteroatoms. The number of nitrogens with zero attached hydrogens (tertiary/aromatic N) is 1. The smallest absolute Gasteiger partial charge is 0.352 e. The number of fused-ring (bicyclic) bond motifs is 1. The van der Waals surface area contributed by atoms with Crippen molar-refractivity contribution in [2.45, 2.75) is 13.5 Å². The molecule has 0 atom stereocenters. The Morgan fingerprint density at radius 2 is 1.80 bits per heavy atom. The Balaban J connectivity index is 2.18. The molecule has 0 spiro atoms. The molecule has 2 aromatic carbocycles. The molecule has 1 N–H and O–H groups in total. The maximum Gasteiger partial charge on any atom is 0.352 e. The minimum atomic E-state index is -0.890. The summed E-state index contributed by atoms with van der Waals surface area (Å²) in [6, 6.07) is 17.9. The molecule has 0 saturated carbocycles. The monoisotopic (exact) mass is 265 g/mol. The topological polar surface area (TPSA) is 42.2 Å². The molecule has 0 bridgehead atoms. The lowest BCUT2D eigenvalue weighted by atomic mass is 10.1. The fourth-order valence-electron chi connectivity index (χ4n) is 2.60.